The van der Waals surface area contributed by atoms with Crippen molar-refractivity contribution >= 4 is 23.2 Å². The van der Waals surface area contributed by atoms with Gasteiger partial charge in [0.25, 0.3) is 5.91 Å². The molecule has 0 bridgehead atoms. The molecule has 0 saturated carbocycles. The highest BCUT2D eigenvalue weighted by Crippen LogP contribution is 2.17. The lowest BCUT2D eigenvalue weighted by Gasteiger charge is -2.07. The van der Waals surface area contributed by atoms with Gasteiger partial charge >= 0.3 is 5.97 Å². The predicted octanol–water partition coefficient (Wildman–Crippen LogP) is 2.92. The van der Waals surface area contributed by atoms with Crippen molar-refractivity contribution in [3.63, 3.8) is 0 Å². The van der Waals surface area contributed by atoms with Crippen LogP contribution in [0.15, 0.2) is 42.6 Å². The van der Waals surface area contributed by atoms with Crippen molar-refractivity contribution in [3.05, 3.63) is 65.4 Å². The second-order valence-electron chi connectivity index (χ2n) is 5.56. The highest BCUT2D eigenvalue weighted by molar-refractivity contribution is 6.04. The van der Waals surface area contributed by atoms with Gasteiger partial charge in [0, 0.05) is 11.9 Å². The van der Waals surface area contributed by atoms with Crippen LogP contribution in [-0.2, 0) is 17.6 Å². The summed E-state index contributed by atoms with van der Waals surface area (Å²) in [5.41, 5.74) is 2.52. The van der Waals surface area contributed by atoms with Crippen LogP contribution in [-0.4, -0.2) is 26.4 Å². The van der Waals surface area contributed by atoms with Crippen molar-refractivity contribution in [1.29, 1.82) is 0 Å². The highest BCUT2D eigenvalue weighted by Gasteiger charge is 2.18. The number of amides is 1. The molecular weight excluding hydrogens is 325 g/mol. The first-order valence-electron chi connectivity index (χ1n) is 7.76. The number of aliphatic carboxylic acids is 1. The van der Waals surface area contributed by atoms with Crippen molar-refractivity contribution in [2.24, 2.45) is 0 Å². The number of hydrogen-bond donors (Lipinski definition) is 2. The maximum Gasteiger partial charge on any atom is 0.307 e. The lowest BCUT2D eigenvalue weighted by molar-refractivity contribution is -0.136. The molecule has 2 aromatic heterocycles. The molecule has 0 atom stereocenters. The largest absolute Gasteiger partial charge is 0.481 e. The molecule has 2 heterocycles. The average molecular weight is 341 g/mol. The number of carboxylic acids is 1. The van der Waals surface area contributed by atoms with Gasteiger partial charge in [-0.25, -0.2) is 9.37 Å². The molecule has 128 valence electrons. The number of aromatic nitrogens is 2. The van der Waals surface area contributed by atoms with Crippen LogP contribution >= 0.6 is 0 Å². The smallest absolute Gasteiger partial charge is 0.307 e. The number of aryl methyl sites for hydroxylation is 1. The third kappa shape index (κ3) is 3.50. The van der Waals surface area contributed by atoms with E-state index >= 15 is 0 Å². The van der Waals surface area contributed by atoms with E-state index < -0.39 is 17.7 Å². The number of rotatable bonds is 5. The summed E-state index contributed by atoms with van der Waals surface area (Å²) in [6.07, 6.45) is 1.68. The maximum atomic E-state index is 13.5. The van der Waals surface area contributed by atoms with Gasteiger partial charge in [-0.15, -0.1) is 0 Å². The molecule has 1 amide bonds. The summed E-state index contributed by atoms with van der Waals surface area (Å²) in [7, 11) is 0. The zero-order chi connectivity index (χ0) is 18.0. The number of hydrogen-bond acceptors (Lipinski definition) is 3. The number of benzene rings is 1. The molecule has 0 spiro atoms. The SMILES string of the molecule is CCc1nc2ccc(F)cn2c1C(=O)Nc1ccc(CC(=O)O)cc1. The summed E-state index contributed by atoms with van der Waals surface area (Å²) in [6, 6.07) is 9.35. The lowest BCUT2D eigenvalue weighted by atomic mass is 10.1. The Bertz CT molecular complexity index is 948. The fourth-order valence-electron chi connectivity index (χ4n) is 2.63. The van der Waals surface area contributed by atoms with E-state index in [1.807, 2.05) is 6.92 Å². The van der Waals surface area contributed by atoms with Crippen molar-refractivity contribution in [3.8, 4) is 0 Å². The zero-order valence-electron chi connectivity index (χ0n) is 13.5. The minimum absolute atomic E-state index is 0.0826. The number of fused-ring (bicyclic) bond motifs is 1. The number of carboxylic acid groups (broad SMARTS) is 1. The second-order valence-corrected chi connectivity index (χ2v) is 5.56. The normalized spacial score (nSPS) is 10.8. The Kier molecular flexibility index (Phi) is 4.47. The van der Waals surface area contributed by atoms with Crippen LogP contribution in [0.25, 0.3) is 5.65 Å². The fourth-order valence-corrected chi connectivity index (χ4v) is 2.63. The van der Waals surface area contributed by atoms with Crippen LogP contribution in [0.2, 0.25) is 0 Å². The van der Waals surface area contributed by atoms with E-state index in [-0.39, 0.29) is 12.1 Å². The summed E-state index contributed by atoms with van der Waals surface area (Å²) in [5.74, 6) is -1.78. The molecule has 7 heteroatoms. The summed E-state index contributed by atoms with van der Waals surface area (Å²) in [4.78, 5) is 27.7. The molecule has 0 saturated heterocycles. The van der Waals surface area contributed by atoms with E-state index in [1.165, 1.54) is 22.7 Å². The molecule has 0 aliphatic heterocycles. The predicted molar refractivity (Wildman–Crippen MR) is 90.3 cm³/mol. The lowest BCUT2D eigenvalue weighted by Crippen LogP contribution is -2.16. The second kappa shape index (κ2) is 6.72. The maximum absolute atomic E-state index is 13.5. The molecule has 6 nitrogen and oxygen atoms in total. The van der Waals surface area contributed by atoms with Gasteiger partial charge in [0.15, 0.2) is 0 Å². The van der Waals surface area contributed by atoms with Gasteiger partial charge in [0.1, 0.15) is 17.2 Å². The van der Waals surface area contributed by atoms with Gasteiger partial charge in [-0.3, -0.25) is 14.0 Å². The van der Waals surface area contributed by atoms with Gasteiger partial charge in [0.05, 0.1) is 12.1 Å². The van der Waals surface area contributed by atoms with Gasteiger partial charge < -0.3 is 10.4 Å². The standard InChI is InChI=1S/C18H16FN3O3/c1-2-14-17(22-10-12(19)5-8-15(22)21-14)18(25)20-13-6-3-11(4-7-13)9-16(23)24/h3-8,10H,2,9H2,1H3,(H,20,25)(H,23,24). The van der Waals surface area contributed by atoms with Crippen LogP contribution in [0.1, 0.15) is 28.7 Å². The number of pyridine rings is 1. The van der Waals surface area contributed by atoms with Crippen LogP contribution in [0.3, 0.4) is 0 Å². The first-order valence-corrected chi connectivity index (χ1v) is 7.76. The molecule has 0 aliphatic carbocycles. The zero-order valence-corrected chi connectivity index (χ0v) is 13.5. The van der Waals surface area contributed by atoms with Crippen LogP contribution < -0.4 is 5.32 Å². The number of nitrogens with zero attached hydrogens (tertiary/aromatic N) is 2. The van der Waals surface area contributed by atoms with Crippen LogP contribution in [0.4, 0.5) is 10.1 Å². The third-order valence-electron chi connectivity index (χ3n) is 3.77. The highest BCUT2D eigenvalue weighted by atomic mass is 19.1. The van der Waals surface area contributed by atoms with Gasteiger partial charge in [-0.2, -0.15) is 0 Å². The Labute approximate surface area is 142 Å². The molecule has 25 heavy (non-hydrogen) atoms. The number of halogens is 1. The summed E-state index contributed by atoms with van der Waals surface area (Å²) in [6.45, 7) is 1.87. The summed E-state index contributed by atoms with van der Waals surface area (Å²) < 4.78 is 15.0. The third-order valence-corrected chi connectivity index (χ3v) is 3.77. The van der Waals surface area contributed by atoms with Crippen molar-refractivity contribution in [2.45, 2.75) is 19.8 Å². The number of carbonyl (C=O) groups is 2. The van der Waals surface area contributed by atoms with Gasteiger partial charge in [0.2, 0.25) is 0 Å². The minimum atomic E-state index is -0.919. The summed E-state index contributed by atoms with van der Waals surface area (Å²) >= 11 is 0. The Morgan fingerprint density at radius 1 is 1.20 bits per heavy atom. The van der Waals surface area contributed by atoms with Gasteiger partial charge in [-0.05, 0) is 36.2 Å². The molecule has 1 aromatic carbocycles. The first kappa shape index (κ1) is 16.6. The van der Waals surface area contributed by atoms with E-state index in [2.05, 4.69) is 10.3 Å². The van der Waals surface area contributed by atoms with Crippen LogP contribution in [0.5, 0.6) is 0 Å². The van der Waals surface area contributed by atoms with E-state index in [9.17, 15) is 14.0 Å². The van der Waals surface area contributed by atoms with Crippen molar-refractivity contribution in [2.75, 3.05) is 5.32 Å². The fraction of sp³-hybridized carbons (Fsp3) is 0.167. The quantitative estimate of drug-likeness (QED) is 0.747. The molecule has 0 unspecified atom stereocenters. The summed E-state index contributed by atoms with van der Waals surface area (Å²) in [5, 5.41) is 11.5. The van der Waals surface area contributed by atoms with Crippen molar-refractivity contribution < 1.29 is 19.1 Å². The van der Waals surface area contributed by atoms with Crippen LogP contribution in [0, 0.1) is 5.82 Å². The molecule has 3 aromatic rings. The molecule has 0 fully saturated rings. The number of anilines is 1. The topological polar surface area (TPSA) is 83.7 Å². The van der Waals surface area contributed by atoms with E-state index in [0.29, 0.717) is 29.0 Å². The van der Waals surface area contributed by atoms with E-state index in [0.717, 1.165) is 0 Å². The Morgan fingerprint density at radius 2 is 1.92 bits per heavy atom. The molecule has 3 rings (SSSR count). The Morgan fingerprint density at radius 3 is 2.56 bits per heavy atom. The monoisotopic (exact) mass is 341 g/mol. The Balaban J connectivity index is 1.89. The van der Waals surface area contributed by atoms with Gasteiger partial charge in [-0.1, -0.05) is 19.1 Å². The number of carbonyl (C=O) groups excluding carboxylic acids is 1. The van der Waals surface area contributed by atoms with E-state index in [1.54, 1.807) is 24.3 Å². The van der Waals surface area contributed by atoms with Crippen molar-refractivity contribution in [1.82, 2.24) is 9.38 Å². The Hall–Kier alpha value is -3.22. The molecular formula is C18H16FN3O3. The minimum Gasteiger partial charge on any atom is -0.481 e. The average Bonchev–Trinajstić information content (AvgIpc) is 2.94. The number of nitrogens with one attached hydrogen (secondary N) is 1. The first-order chi connectivity index (χ1) is 12.0. The molecule has 0 aliphatic rings. The number of imidazole rings is 1. The van der Waals surface area contributed by atoms with E-state index in [4.69, 9.17) is 5.11 Å². The molecule has 0 radical (unpaired) electrons. The molecule has 2 N–H and O–H groups in total.